The quantitative estimate of drug-likeness (QED) is 0.701. The third-order valence-electron chi connectivity index (χ3n) is 3.51. The molecule has 0 radical (unpaired) electrons. The first-order valence-electron chi connectivity index (χ1n) is 5.52. The number of hydrogen-bond donors (Lipinski definition) is 1. The molecule has 0 bridgehead atoms. The van der Waals surface area contributed by atoms with Crippen LogP contribution in [0.2, 0.25) is 0 Å². The van der Waals surface area contributed by atoms with E-state index < -0.39 is 11.8 Å². The predicted molar refractivity (Wildman–Crippen MR) is 66.5 cm³/mol. The van der Waals surface area contributed by atoms with Crippen LogP contribution in [0.5, 0.6) is 0 Å². The van der Waals surface area contributed by atoms with Crippen LogP contribution in [0.1, 0.15) is 33.6 Å². The van der Waals surface area contributed by atoms with Gasteiger partial charge in [-0.1, -0.05) is 33.4 Å². The molecule has 0 aromatic carbocycles. The van der Waals surface area contributed by atoms with Crippen molar-refractivity contribution in [2.24, 2.45) is 5.41 Å². The topological polar surface area (TPSA) is 20.2 Å². The highest BCUT2D eigenvalue weighted by atomic mass is 35.5. The minimum absolute atomic E-state index is 0.120. The molecule has 1 rings (SSSR count). The summed E-state index contributed by atoms with van der Waals surface area (Å²) in [5.74, 6) is 0.321. The smallest absolute Gasteiger partial charge is 0.128 e. The van der Waals surface area contributed by atoms with Crippen LogP contribution in [-0.4, -0.2) is 22.8 Å². The van der Waals surface area contributed by atoms with Crippen molar-refractivity contribution in [3.63, 3.8) is 0 Å². The highest BCUT2D eigenvalue weighted by Gasteiger charge is 2.46. The Balaban J connectivity index is 3.04. The van der Waals surface area contributed by atoms with Crippen LogP contribution in [-0.2, 0) is 0 Å². The molecular formula is C13H20ClFO. The second-order valence-corrected chi connectivity index (χ2v) is 5.85. The first kappa shape index (κ1) is 13.7. The van der Waals surface area contributed by atoms with E-state index >= 15 is 0 Å². The van der Waals surface area contributed by atoms with E-state index in [2.05, 4.69) is 6.58 Å². The Morgan fingerprint density at radius 2 is 2.19 bits per heavy atom. The van der Waals surface area contributed by atoms with Gasteiger partial charge in [-0.05, 0) is 16.6 Å². The van der Waals surface area contributed by atoms with E-state index in [0.717, 1.165) is 5.57 Å². The molecule has 1 aliphatic rings. The van der Waals surface area contributed by atoms with Crippen molar-refractivity contribution in [3.05, 3.63) is 23.8 Å². The molecule has 0 aromatic heterocycles. The van der Waals surface area contributed by atoms with E-state index in [0.29, 0.717) is 17.9 Å². The van der Waals surface area contributed by atoms with Gasteiger partial charge in [0.2, 0.25) is 0 Å². The molecule has 0 amide bonds. The van der Waals surface area contributed by atoms with E-state index in [9.17, 15) is 9.50 Å². The molecule has 16 heavy (non-hydrogen) atoms. The Kier molecular flexibility index (Phi) is 3.86. The highest BCUT2D eigenvalue weighted by Crippen LogP contribution is 2.46. The lowest BCUT2D eigenvalue weighted by Gasteiger charge is -2.45. The average molecular weight is 247 g/mol. The fourth-order valence-electron chi connectivity index (χ4n) is 1.99. The van der Waals surface area contributed by atoms with Crippen molar-refractivity contribution in [2.45, 2.75) is 45.4 Å². The molecule has 0 unspecified atom stereocenters. The Labute approximate surface area is 102 Å². The van der Waals surface area contributed by atoms with Crippen LogP contribution in [0.25, 0.3) is 0 Å². The minimum Gasteiger partial charge on any atom is -0.389 e. The average Bonchev–Trinajstić information content (AvgIpc) is 2.12. The highest BCUT2D eigenvalue weighted by molar-refractivity contribution is 6.19. The van der Waals surface area contributed by atoms with Gasteiger partial charge in [-0.2, -0.15) is 0 Å². The molecule has 92 valence electrons. The molecule has 2 atom stereocenters. The van der Waals surface area contributed by atoms with Gasteiger partial charge in [0.15, 0.2) is 0 Å². The van der Waals surface area contributed by atoms with E-state index in [1.165, 1.54) is 0 Å². The molecule has 1 fully saturated rings. The lowest BCUT2D eigenvalue weighted by Crippen LogP contribution is -2.48. The maximum atomic E-state index is 13.8. The van der Waals surface area contributed by atoms with E-state index in [1.54, 1.807) is 6.08 Å². The van der Waals surface area contributed by atoms with Crippen LogP contribution in [0.4, 0.5) is 4.39 Å². The lowest BCUT2D eigenvalue weighted by atomic mass is 9.65. The van der Waals surface area contributed by atoms with Crippen molar-refractivity contribution < 1.29 is 9.50 Å². The van der Waals surface area contributed by atoms with Gasteiger partial charge in [-0.3, -0.25) is 0 Å². The fraction of sp³-hybridized carbons (Fsp3) is 0.692. The normalized spacial score (nSPS) is 34.5. The summed E-state index contributed by atoms with van der Waals surface area (Å²) in [7, 11) is 0. The van der Waals surface area contributed by atoms with Crippen molar-refractivity contribution in [2.75, 3.05) is 5.88 Å². The Morgan fingerprint density at radius 3 is 2.62 bits per heavy atom. The number of alkyl halides is 2. The van der Waals surface area contributed by atoms with Gasteiger partial charge in [0.1, 0.15) is 6.17 Å². The third-order valence-corrected chi connectivity index (χ3v) is 3.66. The summed E-state index contributed by atoms with van der Waals surface area (Å²) in [6, 6.07) is 0. The first-order valence-corrected chi connectivity index (χ1v) is 6.05. The standard InChI is InChI=1S/C13H20ClFO/c1-9-10(5-6-14)7-13(16,8-11(9)15)12(2,3)4/h5,11,16H,1,6-8H2,2-4H3/t11-,13+/m0/s1. The maximum Gasteiger partial charge on any atom is 0.128 e. The number of hydrogen-bond acceptors (Lipinski definition) is 1. The Morgan fingerprint density at radius 1 is 1.62 bits per heavy atom. The molecule has 0 heterocycles. The summed E-state index contributed by atoms with van der Waals surface area (Å²) in [5, 5.41) is 10.5. The summed E-state index contributed by atoms with van der Waals surface area (Å²) in [6.07, 6.45) is 1.12. The fourth-order valence-corrected chi connectivity index (χ4v) is 2.18. The van der Waals surface area contributed by atoms with Crippen molar-refractivity contribution in [3.8, 4) is 0 Å². The zero-order chi connectivity index (χ0) is 12.6. The van der Waals surface area contributed by atoms with Crippen LogP contribution in [0.15, 0.2) is 23.8 Å². The molecule has 0 aliphatic heterocycles. The van der Waals surface area contributed by atoms with Crippen LogP contribution in [0.3, 0.4) is 0 Å². The van der Waals surface area contributed by atoms with E-state index in [-0.39, 0.29) is 11.8 Å². The summed E-state index contributed by atoms with van der Waals surface area (Å²) in [4.78, 5) is 0. The maximum absolute atomic E-state index is 13.8. The summed E-state index contributed by atoms with van der Waals surface area (Å²) in [6.45, 7) is 9.50. The largest absolute Gasteiger partial charge is 0.389 e. The molecule has 1 aliphatic carbocycles. The summed E-state index contributed by atoms with van der Waals surface area (Å²) >= 11 is 5.63. The van der Waals surface area contributed by atoms with Crippen molar-refractivity contribution >= 4 is 11.6 Å². The van der Waals surface area contributed by atoms with Gasteiger partial charge in [0.05, 0.1) is 5.60 Å². The second kappa shape index (κ2) is 4.50. The van der Waals surface area contributed by atoms with Gasteiger partial charge in [0.25, 0.3) is 0 Å². The molecular weight excluding hydrogens is 227 g/mol. The van der Waals surface area contributed by atoms with Crippen LogP contribution in [0, 0.1) is 5.41 Å². The molecule has 1 nitrogen and oxygen atoms in total. The zero-order valence-corrected chi connectivity index (χ0v) is 10.9. The molecule has 0 spiro atoms. The van der Waals surface area contributed by atoms with Crippen LogP contribution >= 0.6 is 11.6 Å². The number of halogens is 2. The SMILES string of the molecule is C=C1C(=CCCl)C[C@](O)(C(C)(C)C)C[C@@H]1F. The second-order valence-electron chi connectivity index (χ2n) is 5.54. The third kappa shape index (κ3) is 2.49. The molecule has 3 heteroatoms. The summed E-state index contributed by atoms with van der Waals surface area (Å²) < 4.78 is 13.8. The van der Waals surface area contributed by atoms with Crippen molar-refractivity contribution in [1.82, 2.24) is 0 Å². The number of allylic oxidation sites excluding steroid dienone is 2. The minimum atomic E-state index is -1.17. The number of aliphatic hydroxyl groups is 1. The Hall–Kier alpha value is -0.340. The lowest BCUT2D eigenvalue weighted by molar-refractivity contribution is -0.0811. The van der Waals surface area contributed by atoms with Gasteiger partial charge >= 0.3 is 0 Å². The van der Waals surface area contributed by atoms with Gasteiger partial charge < -0.3 is 5.11 Å². The molecule has 0 aromatic rings. The molecule has 1 N–H and O–H groups in total. The van der Waals surface area contributed by atoms with Gasteiger partial charge in [-0.25, -0.2) is 4.39 Å². The number of rotatable bonds is 1. The molecule has 1 saturated carbocycles. The monoisotopic (exact) mass is 246 g/mol. The zero-order valence-electron chi connectivity index (χ0n) is 10.2. The van der Waals surface area contributed by atoms with E-state index in [4.69, 9.17) is 11.6 Å². The van der Waals surface area contributed by atoms with Crippen molar-refractivity contribution in [1.29, 1.82) is 0 Å². The van der Waals surface area contributed by atoms with Gasteiger partial charge in [-0.15, -0.1) is 11.6 Å². The first-order chi connectivity index (χ1) is 7.21. The van der Waals surface area contributed by atoms with Gasteiger partial charge in [0, 0.05) is 18.7 Å². The van der Waals surface area contributed by atoms with Crippen LogP contribution < -0.4 is 0 Å². The van der Waals surface area contributed by atoms with E-state index in [1.807, 2.05) is 20.8 Å². The molecule has 0 saturated heterocycles. The summed E-state index contributed by atoms with van der Waals surface area (Å²) in [5.41, 5.74) is -0.157. The Bertz CT molecular complexity index is 316. The predicted octanol–water partition coefficient (Wildman–Crippen LogP) is 3.62.